The van der Waals surface area contributed by atoms with Gasteiger partial charge in [-0.25, -0.2) is 4.68 Å². The molecule has 0 unspecified atom stereocenters. The van der Waals surface area contributed by atoms with Crippen LogP contribution in [0.3, 0.4) is 0 Å². The highest BCUT2D eigenvalue weighted by Gasteiger charge is 2.05. The largest absolute Gasteiger partial charge is 0.508 e. The van der Waals surface area contributed by atoms with E-state index in [-0.39, 0.29) is 0 Å². The van der Waals surface area contributed by atoms with Gasteiger partial charge in [-0.05, 0) is 37.0 Å². The highest BCUT2D eigenvalue weighted by Crippen LogP contribution is 2.19. The molecule has 4 heteroatoms. The standard InChI is InChI=1S/C18H19N3O/c1-14-7-10-18(22)16(11-14)8-9-17-13-21(20-19-17)12-15-5-3-2-4-6-15/h2-7,10-11,13,22H,8-9,12H2,1H3. The van der Waals surface area contributed by atoms with E-state index in [4.69, 9.17) is 0 Å². The maximum atomic E-state index is 9.87. The van der Waals surface area contributed by atoms with Crippen LogP contribution in [-0.2, 0) is 19.4 Å². The van der Waals surface area contributed by atoms with Crippen molar-refractivity contribution in [1.29, 1.82) is 0 Å². The molecular formula is C18H19N3O. The van der Waals surface area contributed by atoms with Crippen molar-refractivity contribution in [2.24, 2.45) is 0 Å². The average Bonchev–Trinajstić information content (AvgIpc) is 2.97. The summed E-state index contributed by atoms with van der Waals surface area (Å²) < 4.78 is 1.85. The third-order valence-electron chi connectivity index (χ3n) is 3.66. The fourth-order valence-corrected chi connectivity index (χ4v) is 2.48. The monoisotopic (exact) mass is 293 g/mol. The molecule has 2 aromatic carbocycles. The third-order valence-corrected chi connectivity index (χ3v) is 3.66. The summed E-state index contributed by atoms with van der Waals surface area (Å²) in [5.41, 5.74) is 4.25. The van der Waals surface area contributed by atoms with Crippen LogP contribution in [0, 0.1) is 6.92 Å². The van der Waals surface area contributed by atoms with Crippen molar-refractivity contribution in [2.45, 2.75) is 26.3 Å². The van der Waals surface area contributed by atoms with Crippen molar-refractivity contribution < 1.29 is 5.11 Å². The minimum absolute atomic E-state index is 0.349. The Balaban J connectivity index is 1.63. The molecule has 0 saturated carbocycles. The highest BCUT2D eigenvalue weighted by atomic mass is 16.3. The maximum absolute atomic E-state index is 9.87. The second kappa shape index (κ2) is 6.43. The number of rotatable bonds is 5. The summed E-state index contributed by atoms with van der Waals surface area (Å²) in [5.74, 6) is 0.349. The normalized spacial score (nSPS) is 10.8. The second-order valence-corrected chi connectivity index (χ2v) is 5.53. The Morgan fingerprint density at radius 2 is 1.86 bits per heavy atom. The first-order valence-electron chi connectivity index (χ1n) is 7.42. The molecule has 3 aromatic rings. The second-order valence-electron chi connectivity index (χ2n) is 5.53. The summed E-state index contributed by atoms with van der Waals surface area (Å²) in [6.45, 7) is 2.75. The van der Waals surface area contributed by atoms with E-state index in [1.165, 1.54) is 5.56 Å². The van der Waals surface area contributed by atoms with Crippen LogP contribution in [0.1, 0.15) is 22.4 Å². The number of phenols is 1. The van der Waals surface area contributed by atoms with Crippen LogP contribution in [0.5, 0.6) is 5.75 Å². The van der Waals surface area contributed by atoms with Crippen LogP contribution in [0.15, 0.2) is 54.7 Å². The lowest BCUT2D eigenvalue weighted by molar-refractivity contribution is 0.467. The van der Waals surface area contributed by atoms with E-state index in [1.807, 2.05) is 48.1 Å². The topological polar surface area (TPSA) is 50.9 Å². The van der Waals surface area contributed by atoms with Crippen molar-refractivity contribution in [3.8, 4) is 5.75 Å². The molecule has 1 aromatic heterocycles. The van der Waals surface area contributed by atoms with Crippen LogP contribution in [0.25, 0.3) is 0 Å². The van der Waals surface area contributed by atoms with Gasteiger partial charge in [0, 0.05) is 6.20 Å². The van der Waals surface area contributed by atoms with Crippen LogP contribution in [0.4, 0.5) is 0 Å². The van der Waals surface area contributed by atoms with Crippen LogP contribution < -0.4 is 0 Å². The molecule has 22 heavy (non-hydrogen) atoms. The van der Waals surface area contributed by atoms with Gasteiger partial charge >= 0.3 is 0 Å². The molecule has 0 aliphatic rings. The Bertz CT molecular complexity index is 750. The molecule has 0 aliphatic heterocycles. The van der Waals surface area contributed by atoms with Gasteiger partial charge in [0.1, 0.15) is 5.75 Å². The van der Waals surface area contributed by atoms with E-state index in [0.717, 1.165) is 36.2 Å². The van der Waals surface area contributed by atoms with Crippen LogP contribution in [0.2, 0.25) is 0 Å². The number of aromatic hydroxyl groups is 1. The van der Waals surface area contributed by atoms with Crippen molar-refractivity contribution in [1.82, 2.24) is 15.0 Å². The van der Waals surface area contributed by atoms with Gasteiger partial charge in [0.25, 0.3) is 0 Å². The Labute approximate surface area is 130 Å². The zero-order valence-electron chi connectivity index (χ0n) is 12.6. The minimum Gasteiger partial charge on any atom is -0.508 e. The molecule has 112 valence electrons. The van der Waals surface area contributed by atoms with Crippen molar-refractivity contribution in [3.63, 3.8) is 0 Å². The molecule has 0 aliphatic carbocycles. The Morgan fingerprint density at radius 3 is 2.68 bits per heavy atom. The highest BCUT2D eigenvalue weighted by molar-refractivity contribution is 5.36. The van der Waals surface area contributed by atoms with Gasteiger partial charge in [-0.1, -0.05) is 53.2 Å². The molecule has 0 bridgehead atoms. The first-order valence-corrected chi connectivity index (χ1v) is 7.42. The predicted octanol–water partition coefficient (Wildman–Crippen LogP) is 3.13. The first kappa shape index (κ1) is 14.3. The van der Waals surface area contributed by atoms with Gasteiger partial charge in [-0.2, -0.15) is 0 Å². The quantitative estimate of drug-likeness (QED) is 0.786. The number of phenolic OH excluding ortho intramolecular Hbond substituents is 1. The third kappa shape index (κ3) is 3.52. The van der Waals surface area contributed by atoms with Crippen LogP contribution >= 0.6 is 0 Å². The summed E-state index contributed by atoms with van der Waals surface area (Å²) in [6.07, 6.45) is 3.50. The van der Waals surface area contributed by atoms with Crippen molar-refractivity contribution in [2.75, 3.05) is 0 Å². The molecule has 1 N–H and O–H groups in total. The number of benzene rings is 2. The van der Waals surface area contributed by atoms with E-state index >= 15 is 0 Å². The molecular weight excluding hydrogens is 274 g/mol. The van der Waals surface area contributed by atoms with E-state index < -0.39 is 0 Å². The molecule has 0 spiro atoms. The number of aromatic nitrogens is 3. The predicted molar refractivity (Wildman–Crippen MR) is 85.8 cm³/mol. The van der Waals surface area contributed by atoms with Gasteiger partial charge in [-0.15, -0.1) is 5.10 Å². The average molecular weight is 293 g/mol. The summed E-state index contributed by atoms with van der Waals surface area (Å²) in [7, 11) is 0. The molecule has 3 rings (SSSR count). The van der Waals surface area contributed by atoms with E-state index in [1.54, 1.807) is 6.07 Å². The Hall–Kier alpha value is -2.62. The summed E-state index contributed by atoms with van der Waals surface area (Å²) in [6, 6.07) is 15.9. The summed E-state index contributed by atoms with van der Waals surface area (Å²) in [5, 5.41) is 18.3. The summed E-state index contributed by atoms with van der Waals surface area (Å²) >= 11 is 0. The number of nitrogens with zero attached hydrogens (tertiary/aromatic N) is 3. The summed E-state index contributed by atoms with van der Waals surface area (Å²) in [4.78, 5) is 0. The Kier molecular flexibility index (Phi) is 4.19. The number of hydrogen-bond donors (Lipinski definition) is 1. The lowest BCUT2D eigenvalue weighted by Gasteiger charge is -2.04. The van der Waals surface area contributed by atoms with Gasteiger partial charge in [0.05, 0.1) is 12.2 Å². The van der Waals surface area contributed by atoms with Crippen LogP contribution in [-0.4, -0.2) is 20.1 Å². The van der Waals surface area contributed by atoms with E-state index in [9.17, 15) is 5.11 Å². The lowest BCUT2D eigenvalue weighted by atomic mass is 10.0. The molecule has 1 heterocycles. The van der Waals surface area contributed by atoms with Gasteiger partial charge in [0.2, 0.25) is 0 Å². The molecule has 0 atom stereocenters. The van der Waals surface area contributed by atoms with Gasteiger partial charge in [-0.3, -0.25) is 0 Å². The lowest BCUT2D eigenvalue weighted by Crippen LogP contribution is -1.99. The smallest absolute Gasteiger partial charge is 0.118 e. The number of aryl methyl sites for hydroxylation is 3. The molecule has 0 amide bonds. The first-order chi connectivity index (χ1) is 10.7. The fraction of sp³-hybridized carbons (Fsp3) is 0.222. The van der Waals surface area contributed by atoms with E-state index in [0.29, 0.717) is 5.75 Å². The molecule has 4 nitrogen and oxygen atoms in total. The molecule has 0 fully saturated rings. The maximum Gasteiger partial charge on any atom is 0.118 e. The fourth-order valence-electron chi connectivity index (χ4n) is 2.48. The SMILES string of the molecule is Cc1ccc(O)c(CCc2cn(Cc3ccccc3)nn2)c1. The van der Waals surface area contributed by atoms with Crippen molar-refractivity contribution in [3.05, 3.63) is 77.1 Å². The molecule has 0 radical (unpaired) electrons. The molecule has 0 saturated heterocycles. The Morgan fingerprint density at radius 1 is 1.05 bits per heavy atom. The van der Waals surface area contributed by atoms with Gasteiger partial charge < -0.3 is 5.11 Å². The van der Waals surface area contributed by atoms with Crippen molar-refractivity contribution >= 4 is 0 Å². The van der Waals surface area contributed by atoms with E-state index in [2.05, 4.69) is 22.4 Å². The van der Waals surface area contributed by atoms with Gasteiger partial charge in [0.15, 0.2) is 0 Å². The zero-order valence-corrected chi connectivity index (χ0v) is 12.6. The zero-order chi connectivity index (χ0) is 15.4. The minimum atomic E-state index is 0.349. The number of hydrogen-bond acceptors (Lipinski definition) is 3.